The fourth-order valence-corrected chi connectivity index (χ4v) is 3.05. The molecule has 1 aliphatic heterocycles. The first-order valence-electron chi connectivity index (χ1n) is 7.93. The first-order valence-corrected chi connectivity index (χ1v) is 7.93. The van der Waals surface area contributed by atoms with E-state index in [1.165, 1.54) is 28.7 Å². The maximum Gasteiger partial charge on any atom is 0.0240 e. The van der Waals surface area contributed by atoms with Crippen LogP contribution >= 0.6 is 0 Å². The molecule has 0 radical (unpaired) electrons. The van der Waals surface area contributed by atoms with Gasteiger partial charge in [0, 0.05) is 26.2 Å². The van der Waals surface area contributed by atoms with Crippen molar-refractivity contribution in [2.75, 3.05) is 13.1 Å². The number of rotatable bonds is 5. The number of hydrogen-bond donors (Lipinski definition) is 1. The van der Waals surface area contributed by atoms with E-state index in [0.29, 0.717) is 0 Å². The summed E-state index contributed by atoms with van der Waals surface area (Å²) in [6.07, 6.45) is 1.17. The van der Waals surface area contributed by atoms with Crippen LogP contribution < -0.4 is 5.32 Å². The molecule has 0 amide bonds. The maximum absolute atomic E-state index is 3.39. The van der Waals surface area contributed by atoms with E-state index in [1.54, 1.807) is 0 Å². The number of benzene rings is 2. The highest BCUT2D eigenvalue weighted by Crippen LogP contribution is 2.20. The Morgan fingerprint density at radius 2 is 1.81 bits per heavy atom. The third-order valence-corrected chi connectivity index (χ3v) is 4.19. The third kappa shape index (κ3) is 3.72. The molecular formula is C19H24N2. The Kier molecular flexibility index (Phi) is 4.69. The van der Waals surface area contributed by atoms with Crippen molar-refractivity contribution in [3.05, 3.63) is 70.8 Å². The van der Waals surface area contributed by atoms with Crippen LogP contribution in [0.15, 0.2) is 48.5 Å². The van der Waals surface area contributed by atoms with Gasteiger partial charge in [-0.2, -0.15) is 0 Å². The normalized spacial score (nSPS) is 14.9. The Bertz CT molecular complexity index is 592. The van der Waals surface area contributed by atoms with E-state index in [4.69, 9.17) is 0 Å². The van der Waals surface area contributed by atoms with E-state index in [-0.39, 0.29) is 0 Å². The van der Waals surface area contributed by atoms with Crippen LogP contribution in [0.2, 0.25) is 0 Å². The van der Waals surface area contributed by atoms with Crippen molar-refractivity contribution in [3.63, 3.8) is 0 Å². The molecule has 0 unspecified atom stereocenters. The molecule has 2 nitrogen and oxygen atoms in total. The molecule has 0 fully saturated rings. The highest BCUT2D eigenvalue weighted by molar-refractivity contribution is 5.30. The first-order chi connectivity index (χ1) is 10.3. The molecule has 1 heterocycles. The van der Waals surface area contributed by atoms with Crippen LogP contribution in [0.4, 0.5) is 0 Å². The van der Waals surface area contributed by atoms with Gasteiger partial charge in [-0.3, -0.25) is 4.90 Å². The largest absolute Gasteiger partial charge is 0.313 e. The third-order valence-electron chi connectivity index (χ3n) is 4.19. The van der Waals surface area contributed by atoms with Crippen molar-refractivity contribution >= 4 is 0 Å². The second-order valence-electron chi connectivity index (χ2n) is 5.83. The SMILES string of the molecule is CCNCc1cccc(CN2CCc3ccccc3C2)c1. The zero-order valence-corrected chi connectivity index (χ0v) is 12.8. The van der Waals surface area contributed by atoms with E-state index in [1.807, 2.05) is 0 Å². The lowest BCUT2D eigenvalue weighted by atomic mass is 9.99. The number of hydrogen-bond acceptors (Lipinski definition) is 2. The highest BCUT2D eigenvalue weighted by atomic mass is 15.1. The van der Waals surface area contributed by atoms with Gasteiger partial charge in [-0.25, -0.2) is 0 Å². The summed E-state index contributed by atoms with van der Waals surface area (Å²) in [5, 5.41) is 3.39. The second-order valence-corrected chi connectivity index (χ2v) is 5.83. The minimum atomic E-state index is 0.965. The monoisotopic (exact) mass is 280 g/mol. The van der Waals surface area contributed by atoms with Gasteiger partial charge >= 0.3 is 0 Å². The zero-order valence-electron chi connectivity index (χ0n) is 12.8. The van der Waals surface area contributed by atoms with E-state index < -0.39 is 0 Å². The lowest BCUT2D eigenvalue weighted by molar-refractivity contribution is 0.245. The summed E-state index contributed by atoms with van der Waals surface area (Å²) in [5.74, 6) is 0. The molecule has 3 rings (SSSR count). The average molecular weight is 280 g/mol. The van der Waals surface area contributed by atoms with Gasteiger partial charge in [0.05, 0.1) is 0 Å². The van der Waals surface area contributed by atoms with Gasteiger partial charge in [0.1, 0.15) is 0 Å². The van der Waals surface area contributed by atoms with E-state index in [0.717, 1.165) is 32.7 Å². The fourth-order valence-electron chi connectivity index (χ4n) is 3.05. The maximum atomic E-state index is 3.39. The Hall–Kier alpha value is -1.64. The molecule has 1 aliphatic rings. The van der Waals surface area contributed by atoms with Crippen LogP contribution in [-0.2, 0) is 26.1 Å². The van der Waals surface area contributed by atoms with Crippen LogP contribution in [0.25, 0.3) is 0 Å². The lowest BCUT2D eigenvalue weighted by Gasteiger charge is -2.28. The number of nitrogens with one attached hydrogen (secondary N) is 1. The van der Waals surface area contributed by atoms with E-state index >= 15 is 0 Å². The summed E-state index contributed by atoms with van der Waals surface area (Å²) < 4.78 is 0. The standard InChI is InChI=1S/C19H24N2/c1-2-20-13-16-6-5-7-17(12-16)14-21-11-10-18-8-3-4-9-19(18)15-21/h3-9,12,20H,2,10-11,13-15H2,1H3. The molecule has 2 aromatic rings. The quantitative estimate of drug-likeness (QED) is 0.903. The predicted octanol–water partition coefficient (Wildman–Crippen LogP) is 3.35. The van der Waals surface area contributed by atoms with Crippen LogP contribution in [0, 0.1) is 0 Å². The van der Waals surface area contributed by atoms with Crippen LogP contribution in [0.1, 0.15) is 29.2 Å². The van der Waals surface area contributed by atoms with Gasteiger partial charge in [-0.05, 0) is 35.2 Å². The molecule has 2 heteroatoms. The number of nitrogens with zero attached hydrogens (tertiary/aromatic N) is 1. The summed E-state index contributed by atoms with van der Waals surface area (Å²) in [7, 11) is 0. The summed E-state index contributed by atoms with van der Waals surface area (Å²) in [4.78, 5) is 2.55. The fraction of sp³-hybridized carbons (Fsp3) is 0.368. The lowest BCUT2D eigenvalue weighted by Crippen LogP contribution is -2.30. The van der Waals surface area contributed by atoms with Gasteiger partial charge in [-0.1, -0.05) is 55.5 Å². The van der Waals surface area contributed by atoms with Gasteiger partial charge < -0.3 is 5.32 Å². The number of fused-ring (bicyclic) bond motifs is 1. The molecule has 0 bridgehead atoms. The van der Waals surface area contributed by atoms with Crippen molar-refractivity contribution in [1.82, 2.24) is 10.2 Å². The summed E-state index contributed by atoms with van der Waals surface area (Å²) >= 11 is 0. The molecule has 0 atom stereocenters. The Morgan fingerprint density at radius 1 is 1.00 bits per heavy atom. The van der Waals surface area contributed by atoms with Gasteiger partial charge in [0.25, 0.3) is 0 Å². The summed E-state index contributed by atoms with van der Waals surface area (Å²) in [5.41, 5.74) is 5.82. The van der Waals surface area contributed by atoms with Crippen molar-refractivity contribution in [3.8, 4) is 0 Å². The molecule has 0 aliphatic carbocycles. The Balaban J connectivity index is 1.65. The molecular weight excluding hydrogens is 256 g/mol. The highest BCUT2D eigenvalue weighted by Gasteiger charge is 2.15. The predicted molar refractivity (Wildman–Crippen MR) is 88.1 cm³/mol. The molecule has 1 N–H and O–H groups in total. The topological polar surface area (TPSA) is 15.3 Å². The minimum Gasteiger partial charge on any atom is -0.313 e. The van der Waals surface area contributed by atoms with Crippen molar-refractivity contribution < 1.29 is 0 Å². The van der Waals surface area contributed by atoms with Crippen LogP contribution in [-0.4, -0.2) is 18.0 Å². The smallest absolute Gasteiger partial charge is 0.0240 e. The second kappa shape index (κ2) is 6.88. The minimum absolute atomic E-state index is 0.965. The van der Waals surface area contributed by atoms with Crippen LogP contribution in [0.3, 0.4) is 0 Å². The zero-order chi connectivity index (χ0) is 14.5. The molecule has 2 aromatic carbocycles. The van der Waals surface area contributed by atoms with Gasteiger partial charge in [0.15, 0.2) is 0 Å². The summed E-state index contributed by atoms with van der Waals surface area (Å²) in [6, 6.07) is 17.8. The van der Waals surface area contributed by atoms with Gasteiger partial charge in [-0.15, -0.1) is 0 Å². The first kappa shape index (κ1) is 14.3. The average Bonchev–Trinajstić information content (AvgIpc) is 2.53. The van der Waals surface area contributed by atoms with Crippen molar-refractivity contribution in [2.24, 2.45) is 0 Å². The van der Waals surface area contributed by atoms with Crippen LogP contribution in [0.5, 0.6) is 0 Å². The molecule has 0 spiro atoms. The Labute approximate surface area is 127 Å². The van der Waals surface area contributed by atoms with E-state index in [9.17, 15) is 0 Å². The van der Waals surface area contributed by atoms with Gasteiger partial charge in [0.2, 0.25) is 0 Å². The van der Waals surface area contributed by atoms with E-state index in [2.05, 4.69) is 65.7 Å². The molecule has 21 heavy (non-hydrogen) atoms. The Morgan fingerprint density at radius 3 is 2.67 bits per heavy atom. The molecule has 0 saturated carbocycles. The molecule has 0 saturated heterocycles. The van der Waals surface area contributed by atoms with Crippen molar-refractivity contribution in [2.45, 2.75) is 33.0 Å². The summed E-state index contributed by atoms with van der Waals surface area (Å²) in [6.45, 7) is 7.42. The van der Waals surface area contributed by atoms with Crippen molar-refractivity contribution in [1.29, 1.82) is 0 Å². The molecule has 110 valence electrons. The molecule has 0 aromatic heterocycles.